The van der Waals surface area contributed by atoms with E-state index in [2.05, 4.69) is 52.0 Å². The third-order valence-electron chi connectivity index (χ3n) is 4.46. The Kier molecular flexibility index (Phi) is 4.13. The Morgan fingerprint density at radius 3 is 2.11 bits per heavy atom. The quantitative estimate of drug-likeness (QED) is 0.778. The normalized spacial score (nSPS) is 23.9. The fourth-order valence-corrected chi connectivity index (χ4v) is 3.05. The van der Waals surface area contributed by atoms with E-state index < -0.39 is 0 Å². The van der Waals surface area contributed by atoms with Crippen LogP contribution in [0.2, 0.25) is 0 Å². The molecule has 0 N–H and O–H groups in total. The third-order valence-corrected chi connectivity index (χ3v) is 4.46. The molecule has 104 valence electrons. The Hall–Kier alpha value is -1.11. The smallest absolute Gasteiger partial charge is 0.139 e. The largest absolute Gasteiger partial charge is 0.299 e. The first kappa shape index (κ1) is 14.3. The van der Waals surface area contributed by atoms with Crippen LogP contribution in [0.15, 0.2) is 24.3 Å². The minimum atomic E-state index is 0.203. The number of ketones is 1. The highest BCUT2D eigenvalue weighted by Crippen LogP contribution is 2.32. The van der Waals surface area contributed by atoms with Crippen molar-refractivity contribution in [1.82, 2.24) is 0 Å². The molecular formula is C18H26O. The predicted octanol–water partition coefficient (Wildman–Crippen LogP) is 4.53. The zero-order chi connectivity index (χ0) is 14.0. The molecule has 1 saturated carbocycles. The summed E-state index contributed by atoms with van der Waals surface area (Å²) in [5, 5.41) is 0. The van der Waals surface area contributed by atoms with Gasteiger partial charge in [-0.2, -0.15) is 0 Å². The number of hydrogen-bond acceptors (Lipinski definition) is 1. The Labute approximate surface area is 117 Å². The van der Waals surface area contributed by atoms with E-state index in [9.17, 15) is 4.79 Å². The molecule has 1 aromatic carbocycles. The van der Waals surface area contributed by atoms with Crippen LogP contribution >= 0.6 is 0 Å². The molecule has 1 aromatic rings. The highest BCUT2D eigenvalue weighted by atomic mass is 16.1. The van der Waals surface area contributed by atoms with Gasteiger partial charge in [-0.15, -0.1) is 0 Å². The number of rotatable bonds is 3. The molecule has 0 amide bonds. The van der Waals surface area contributed by atoms with Crippen LogP contribution in [-0.4, -0.2) is 5.78 Å². The minimum Gasteiger partial charge on any atom is -0.299 e. The van der Waals surface area contributed by atoms with Crippen LogP contribution in [-0.2, 0) is 16.6 Å². The SMILES string of the molecule is CCC1CCC(Cc2ccc(C(C)(C)C)cc2)C1=O. The lowest BCUT2D eigenvalue weighted by Crippen LogP contribution is -2.16. The second-order valence-electron chi connectivity index (χ2n) is 6.93. The van der Waals surface area contributed by atoms with Crippen molar-refractivity contribution < 1.29 is 4.79 Å². The van der Waals surface area contributed by atoms with Crippen LogP contribution in [0.3, 0.4) is 0 Å². The molecule has 1 heteroatoms. The van der Waals surface area contributed by atoms with Gasteiger partial charge in [-0.1, -0.05) is 52.0 Å². The van der Waals surface area contributed by atoms with Gasteiger partial charge in [-0.05, 0) is 42.2 Å². The van der Waals surface area contributed by atoms with Crippen molar-refractivity contribution in [3.05, 3.63) is 35.4 Å². The van der Waals surface area contributed by atoms with Crippen molar-refractivity contribution >= 4 is 5.78 Å². The molecular weight excluding hydrogens is 232 g/mol. The molecule has 0 bridgehead atoms. The summed E-state index contributed by atoms with van der Waals surface area (Å²) in [6.45, 7) is 8.82. The summed E-state index contributed by atoms with van der Waals surface area (Å²) in [6, 6.07) is 8.83. The summed E-state index contributed by atoms with van der Waals surface area (Å²) >= 11 is 0. The third kappa shape index (κ3) is 3.26. The fourth-order valence-electron chi connectivity index (χ4n) is 3.05. The maximum Gasteiger partial charge on any atom is 0.139 e. The number of benzene rings is 1. The van der Waals surface area contributed by atoms with E-state index in [0.29, 0.717) is 11.7 Å². The number of carbonyl (C=O) groups is 1. The molecule has 2 unspecified atom stereocenters. The maximum atomic E-state index is 12.2. The number of hydrogen-bond donors (Lipinski definition) is 0. The summed E-state index contributed by atoms with van der Waals surface area (Å²) in [6.07, 6.45) is 4.12. The Balaban J connectivity index is 2.03. The van der Waals surface area contributed by atoms with Crippen molar-refractivity contribution in [2.75, 3.05) is 0 Å². The average molecular weight is 258 g/mol. The maximum absolute atomic E-state index is 12.2. The van der Waals surface area contributed by atoms with Crippen molar-refractivity contribution in [1.29, 1.82) is 0 Å². The molecule has 0 radical (unpaired) electrons. The highest BCUT2D eigenvalue weighted by Gasteiger charge is 2.32. The predicted molar refractivity (Wildman–Crippen MR) is 80.4 cm³/mol. The fraction of sp³-hybridized carbons (Fsp3) is 0.611. The van der Waals surface area contributed by atoms with Gasteiger partial charge in [0.1, 0.15) is 5.78 Å². The second-order valence-corrected chi connectivity index (χ2v) is 6.93. The van der Waals surface area contributed by atoms with Gasteiger partial charge in [-0.3, -0.25) is 4.79 Å². The number of carbonyl (C=O) groups excluding carboxylic acids is 1. The van der Waals surface area contributed by atoms with Crippen LogP contribution < -0.4 is 0 Å². The van der Waals surface area contributed by atoms with E-state index in [4.69, 9.17) is 0 Å². The first-order chi connectivity index (χ1) is 8.91. The Morgan fingerprint density at radius 2 is 1.63 bits per heavy atom. The summed E-state index contributed by atoms with van der Waals surface area (Å²) in [7, 11) is 0. The van der Waals surface area contributed by atoms with Crippen molar-refractivity contribution in [2.24, 2.45) is 11.8 Å². The zero-order valence-electron chi connectivity index (χ0n) is 12.7. The number of Topliss-reactive ketones (excluding diaryl/α,β-unsaturated/α-hetero) is 1. The second kappa shape index (κ2) is 5.48. The van der Waals surface area contributed by atoms with Crippen molar-refractivity contribution in [3.8, 4) is 0 Å². The van der Waals surface area contributed by atoms with E-state index >= 15 is 0 Å². The molecule has 19 heavy (non-hydrogen) atoms. The highest BCUT2D eigenvalue weighted by molar-refractivity contribution is 5.85. The minimum absolute atomic E-state index is 0.203. The molecule has 2 atom stereocenters. The van der Waals surface area contributed by atoms with Crippen LogP contribution in [0.4, 0.5) is 0 Å². The molecule has 0 aliphatic heterocycles. The van der Waals surface area contributed by atoms with Gasteiger partial charge < -0.3 is 0 Å². The van der Waals surface area contributed by atoms with Gasteiger partial charge in [0.25, 0.3) is 0 Å². The van der Waals surface area contributed by atoms with Gasteiger partial charge in [0.2, 0.25) is 0 Å². The van der Waals surface area contributed by atoms with Crippen LogP contribution in [0.25, 0.3) is 0 Å². The molecule has 1 fully saturated rings. The van der Waals surface area contributed by atoms with Crippen molar-refractivity contribution in [2.45, 2.75) is 58.8 Å². The van der Waals surface area contributed by atoms with Crippen LogP contribution in [0.5, 0.6) is 0 Å². The van der Waals surface area contributed by atoms with E-state index in [1.54, 1.807) is 0 Å². The lowest BCUT2D eigenvalue weighted by Gasteiger charge is -2.19. The average Bonchev–Trinajstić information content (AvgIpc) is 2.70. The first-order valence-corrected chi connectivity index (χ1v) is 7.55. The molecule has 0 aromatic heterocycles. The summed E-state index contributed by atoms with van der Waals surface area (Å²) in [4.78, 5) is 12.2. The van der Waals surface area contributed by atoms with Crippen LogP contribution in [0, 0.1) is 11.8 Å². The Morgan fingerprint density at radius 1 is 1.05 bits per heavy atom. The van der Waals surface area contributed by atoms with E-state index in [1.807, 2.05) is 0 Å². The summed E-state index contributed by atoms with van der Waals surface area (Å²) < 4.78 is 0. The van der Waals surface area contributed by atoms with E-state index in [-0.39, 0.29) is 11.3 Å². The topological polar surface area (TPSA) is 17.1 Å². The molecule has 0 heterocycles. The summed E-state index contributed by atoms with van der Waals surface area (Å²) in [5.41, 5.74) is 2.87. The first-order valence-electron chi connectivity index (χ1n) is 7.55. The van der Waals surface area contributed by atoms with Gasteiger partial charge in [0.05, 0.1) is 0 Å². The standard InChI is InChI=1S/C18H26O/c1-5-14-8-9-15(17(14)19)12-13-6-10-16(11-7-13)18(2,3)4/h6-7,10-11,14-15H,5,8-9,12H2,1-4H3. The van der Waals surface area contributed by atoms with E-state index in [1.165, 1.54) is 11.1 Å². The van der Waals surface area contributed by atoms with Crippen LogP contribution in [0.1, 0.15) is 58.1 Å². The van der Waals surface area contributed by atoms with Gasteiger partial charge in [-0.25, -0.2) is 0 Å². The molecule has 2 rings (SSSR count). The zero-order valence-corrected chi connectivity index (χ0v) is 12.7. The van der Waals surface area contributed by atoms with Gasteiger partial charge in [0, 0.05) is 11.8 Å². The van der Waals surface area contributed by atoms with Crippen molar-refractivity contribution in [3.63, 3.8) is 0 Å². The lowest BCUT2D eigenvalue weighted by atomic mass is 9.86. The van der Waals surface area contributed by atoms with Gasteiger partial charge in [0.15, 0.2) is 0 Å². The Bertz CT molecular complexity index is 436. The van der Waals surface area contributed by atoms with E-state index in [0.717, 1.165) is 25.7 Å². The molecule has 0 spiro atoms. The molecule has 0 saturated heterocycles. The lowest BCUT2D eigenvalue weighted by molar-refractivity contribution is -0.123. The summed E-state index contributed by atoms with van der Waals surface area (Å²) in [5.74, 6) is 1.10. The molecule has 1 aliphatic carbocycles. The molecule has 1 aliphatic rings. The van der Waals surface area contributed by atoms with Gasteiger partial charge >= 0.3 is 0 Å². The monoisotopic (exact) mass is 258 g/mol. The molecule has 1 nitrogen and oxygen atoms in total.